The zero-order valence-electron chi connectivity index (χ0n) is 9.87. The minimum atomic E-state index is 0.323. The van der Waals surface area contributed by atoms with Gasteiger partial charge in [-0.15, -0.1) is 11.3 Å². The third-order valence-corrected chi connectivity index (χ3v) is 4.04. The Morgan fingerprint density at radius 3 is 2.62 bits per heavy atom. The van der Waals surface area contributed by atoms with Gasteiger partial charge in [0.05, 0.1) is 4.88 Å². The second-order valence-corrected chi connectivity index (χ2v) is 5.81. The predicted molar refractivity (Wildman–Crippen MR) is 70.6 cm³/mol. The van der Waals surface area contributed by atoms with Crippen molar-refractivity contribution >= 4 is 23.6 Å². The van der Waals surface area contributed by atoms with Crippen LogP contribution in [-0.2, 0) is 0 Å². The van der Waals surface area contributed by atoms with Crippen LogP contribution in [0, 0.1) is 18.6 Å². The Morgan fingerprint density at radius 1 is 1.44 bits per heavy atom. The number of H-pyrrole nitrogens is 1. The molecule has 3 nitrogen and oxygen atoms in total. The van der Waals surface area contributed by atoms with Crippen LogP contribution < -0.4 is 0 Å². The van der Waals surface area contributed by atoms with Crippen LogP contribution in [0.25, 0.3) is 10.7 Å². The van der Waals surface area contributed by atoms with Crippen molar-refractivity contribution in [2.24, 2.45) is 0 Å². The SMILES string of the molecule is Cc1cc(-c2n[nH]c(=S)n2C(C)C)sc1C. The number of aromatic amines is 1. The summed E-state index contributed by atoms with van der Waals surface area (Å²) in [7, 11) is 0. The van der Waals surface area contributed by atoms with Crippen molar-refractivity contribution in [1.29, 1.82) is 0 Å². The van der Waals surface area contributed by atoms with Gasteiger partial charge >= 0.3 is 0 Å². The Balaban J connectivity index is 2.60. The van der Waals surface area contributed by atoms with Crippen LogP contribution in [0.4, 0.5) is 0 Å². The van der Waals surface area contributed by atoms with E-state index < -0.39 is 0 Å². The highest BCUT2D eigenvalue weighted by atomic mass is 32.1. The molecule has 0 spiro atoms. The fourth-order valence-electron chi connectivity index (χ4n) is 1.64. The van der Waals surface area contributed by atoms with Crippen molar-refractivity contribution in [3.63, 3.8) is 0 Å². The number of thiophene rings is 1. The van der Waals surface area contributed by atoms with Crippen molar-refractivity contribution in [3.8, 4) is 10.7 Å². The number of rotatable bonds is 2. The van der Waals surface area contributed by atoms with Crippen LogP contribution in [0.1, 0.15) is 30.3 Å². The topological polar surface area (TPSA) is 33.6 Å². The number of hydrogen-bond donors (Lipinski definition) is 1. The van der Waals surface area contributed by atoms with Crippen molar-refractivity contribution < 1.29 is 0 Å². The molecule has 0 saturated heterocycles. The summed E-state index contributed by atoms with van der Waals surface area (Å²) in [5, 5.41) is 7.19. The molecule has 2 rings (SSSR count). The first-order valence-corrected chi connectivity index (χ1v) is 6.47. The van der Waals surface area contributed by atoms with E-state index in [2.05, 4.69) is 48.5 Å². The summed E-state index contributed by atoms with van der Waals surface area (Å²) in [4.78, 5) is 2.51. The van der Waals surface area contributed by atoms with E-state index in [1.165, 1.54) is 15.3 Å². The van der Waals surface area contributed by atoms with Crippen LogP contribution >= 0.6 is 23.6 Å². The molecule has 2 aromatic heterocycles. The standard InChI is InChI=1S/C11H15N3S2/c1-6(2)14-10(12-13-11(14)15)9-5-7(3)8(4)16-9/h5-6H,1-4H3,(H,13,15). The van der Waals surface area contributed by atoms with E-state index in [9.17, 15) is 0 Å². The Morgan fingerprint density at radius 2 is 2.12 bits per heavy atom. The fourth-order valence-corrected chi connectivity index (χ4v) is 3.00. The summed E-state index contributed by atoms with van der Waals surface area (Å²) in [5.74, 6) is 0.946. The first kappa shape index (κ1) is 11.5. The van der Waals surface area contributed by atoms with Crippen LogP contribution in [0.5, 0.6) is 0 Å². The van der Waals surface area contributed by atoms with Crippen molar-refractivity contribution in [1.82, 2.24) is 14.8 Å². The largest absolute Gasteiger partial charge is 0.297 e. The maximum atomic E-state index is 5.24. The lowest BCUT2D eigenvalue weighted by Gasteiger charge is -2.08. The minimum absolute atomic E-state index is 0.323. The monoisotopic (exact) mass is 253 g/mol. The fraction of sp³-hybridized carbons (Fsp3) is 0.455. The number of nitrogens with one attached hydrogen (secondary N) is 1. The van der Waals surface area contributed by atoms with Gasteiger partial charge in [0.25, 0.3) is 0 Å². The third-order valence-electron chi connectivity index (χ3n) is 2.61. The maximum Gasteiger partial charge on any atom is 0.195 e. The molecule has 0 aliphatic rings. The van der Waals surface area contributed by atoms with E-state index in [0.29, 0.717) is 10.8 Å². The smallest absolute Gasteiger partial charge is 0.195 e. The van der Waals surface area contributed by atoms with E-state index in [1.807, 2.05) is 0 Å². The van der Waals surface area contributed by atoms with Gasteiger partial charge in [0, 0.05) is 10.9 Å². The average Bonchev–Trinajstić information content (AvgIpc) is 2.71. The molecule has 5 heteroatoms. The first-order valence-electron chi connectivity index (χ1n) is 5.25. The molecular formula is C11H15N3S2. The summed E-state index contributed by atoms with van der Waals surface area (Å²) in [6.45, 7) is 8.48. The second kappa shape index (κ2) is 4.14. The molecule has 0 amide bonds. The van der Waals surface area contributed by atoms with Gasteiger partial charge in [-0.05, 0) is 51.5 Å². The third kappa shape index (κ3) is 1.85. The number of aromatic nitrogens is 3. The lowest BCUT2D eigenvalue weighted by Crippen LogP contribution is -2.02. The summed E-state index contributed by atoms with van der Waals surface area (Å²) in [6.07, 6.45) is 0. The Bertz CT molecular complexity index is 541. The highest BCUT2D eigenvalue weighted by Crippen LogP contribution is 2.30. The predicted octanol–water partition coefficient (Wildman–Crippen LogP) is 3.87. The number of aryl methyl sites for hydroxylation is 2. The molecule has 0 atom stereocenters. The molecule has 0 saturated carbocycles. The average molecular weight is 253 g/mol. The van der Waals surface area contributed by atoms with Crippen LogP contribution in [0.3, 0.4) is 0 Å². The van der Waals surface area contributed by atoms with Gasteiger partial charge in [-0.2, -0.15) is 5.10 Å². The zero-order chi connectivity index (χ0) is 11.9. The van der Waals surface area contributed by atoms with Crippen LogP contribution in [-0.4, -0.2) is 14.8 Å². The molecule has 16 heavy (non-hydrogen) atoms. The molecule has 86 valence electrons. The molecule has 0 unspecified atom stereocenters. The Labute approximate surface area is 104 Å². The van der Waals surface area contributed by atoms with Gasteiger partial charge < -0.3 is 0 Å². The van der Waals surface area contributed by atoms with Gasteiger partial charge in [-0.25, -0.2) is 0 Å². The Hall–Kier alpha value is -0.940. The van der Waals surface area contributed by atoms with Gasteiger partial charge in [-0.1, -0.05) is 0 Å². The summed E-state index contributed by atoms with van der Waals surface area (Å²) < 4.78 is 2.74. The lowest BCUT2D eigenvalue weighted by molar-refractivity contribution is 0.597. The van der Waals surface area contributed by atoms with E-state index in [0.717, 1.165) is 5.82 Å². The molecule has 0 aliphatic heterocycles. The summed E-state index contributed by atoms with van der Waals surface area (Å²) >= 11 is 7.00. The van der Waals surface area contributed by atoms with Crippen molar-refractivity contribution in [3.05, 3.63) is 21.3 Å². The molecule has 2 heterocycles. The molecule has 0 aromatic carbocycles. The quantitative estimate of drug-likeness (QED) is 0.824. The molecular weight excluding hydrogens is 238 g/mol. The molecule has 0 aliphatic carbocycles. The summed E-state index contributed by atoms with van der Waals surface area (Å²) in [6, 6.07) is 2.49. The second-order valence-electron chi connectivity index (χ2n) is 4.17. The number of nitrogens with zero attached hydrogens (tertiary/aromatic N) is 2. The number of hydrogen-bond acceptors (Lipinski definition) is 3. The van der Waals surface area contributed by atoms with Crippen LogP contribution in [0.15, 0.2) is 6.07 Å². The van der Waals surface area contributed by atoms with E-state index >= 15 is 0 Å². The van der Waals surface area contributed by atoms with Gasteiger partial charge in [0.15, 0.2) is 10.6 Å². The normalized spacial score (nSPS) is 11.3. The zero-order valence-corrected chi connectivity index (χ0v) is 11.5. The first-order chi connectivity index (χ1) is 7.50. The van der Waals surface area contributed by atoms with Gasteiger partial charge in [0.1, 0.15) is 0 Å². The van der Waals surface area contributed by atoms with Gasteiger partial charge in [0.2, 0.25) is 0 Å². The molecule has 2 aromatic rings. The van der Waals surface area contributed by atoms with E-state index in [1.54, 1.807) is 11.3 Å². The van der Waals surface area contributed by atoms with Crippen molar-refractivity contribution in [2.45, 2.75) is 33.7 Å². The van der Waals surface area contributed by atoms with E-state index in [4.69, 9.17) is 12.2 Å². The molecule has 0 fully saturated rings. The highest BCUT2D eigenvalue weighted by molar-refractivity contribution is 7.71. The lowest BCUT2D eigenvalue weighted by atomic mass is 10.3. The summed E-state index contributed by atoms with van der Waals surface area (Å²) in [5.41, 5.74) is 1.31. The van der Waals surface area contributed by atoms with E-state index in [-0.39, 0.29) is 0 Å². The van der Waals surface area contributed by atoms with Gasteiger partial charge in [-0.3, -0.25) is 9.67 Å². The Kier molecular flexibility index (Phi) is 2.99. The maximum absolute atomic E-state index is 5.24. The molecule has 0 bridgehead atoms. The van der Waals surface area contributed by atoms with Crippen LogP contribution in [0.2, 0.25) is 0 Å². The van der Waals surface area contributed by atoms with Crippen molar-refractivity contribution in [2.75, 3.05) is 0 Å². The molecule has 0 radical (unpaired) electrons. The highest BCUT2D eigenvalue weighted by Gasteiger charge is 2.13. The molecule has 1 N–H and O–H groups in total. The minimum Gasteiger partial charge on any atom is -0.297 e.